The average molecular weight is 397 g/mol. The first-order valence-corrected chi connectivity index (χ1v) is 7.40. The summed E-state index contributed by atoms with van der Waals surface area (Å²) in [5.41, 5.74) is 0.944. The number of halogens is 2. The zero-order valence-corrected chi connectivity index (χ0v) is 13.5. The van der Waals surface area contributed by atoms with Crippen LogP contribution in [0.25, 0.3) is 22.2 Å². The van der Waals surface area contributed by atoms with Crippen molar-refractivity contribution in [2.45, 2.75) is 0 Å². The van der Waals surface area contributed by atoms with E-state index in [9.17, 15) is 0 Å². The van der Waals surface area contributed by atoms with Crippen LogP contribution in [0.1, 0.15) is 0 Å². The first-order chi connectivity index (χ1) is 9.70. The second kappa shape index (κ2) is 5.54. The summed E-state index contributed by atoms with van der Waals surface area (Å²) in [5.74, 6) is 1.45. The van der Waals surface area contributed by atoms with Gasteiger partial charge in [-0.15, -0.1) is 0 Å². The second-order valence-corrected chi connectivity index (χ2v) is 5.71. The zero-order valence-electron chi connectivity index (χ0n) is 10.6. The van der Waals surface area contributed by atoms with E-state index in [0.29, 0.717) is 11.0 Å². The van der Waals surface area contributed by atoms with Crippen molar-refractivity contribution in [3.05, 3.63) is 51.3 Å². The molecule has 0 saturated heterocycles. The quantitative estimate of drug-likeness (QED) is 0.470. The van der Waals surface area contributed by atoms with E-state index >= 15 is 0 Å². The van der Waals surface area contributed by atoms with Gasteiger partial charge >= 0.3 is 0 Å². The lowest BCUT2D eigenvalue weighted by Crippen LogP contribution is -1.93. The van der Waals surface area contributed by atoms with Crippen molar-refractivity contribution in [1.82, 2.24) is 9.97 Å². The zero-order chi connectivity index (χ0) is 14.1. The van der Waals surface area contributed by atoms with Crippen LogP contribution < -0.4 is 4.74 Å². The van der Waals surface area contributed by atoms with Gasteiger partial charge in [-0.3, -0.25) is 0 Å². The van der Waals surface area contributed by atoms with Gasteiger partial charge in [0.2, 0.25) is 0 Å². The molecule has 3 nitrogen and oxygen atoms in total. The lowest BCUT2D eigenvalue weighted by atomic mass is 10.0. The third kappa shape index (κ3) is 2.33. The normalized spacial score (nSPS) is 10.8. The number of benzene rings is 2. The fourth-order valence-corrected chi connectivity index (χ4v) is 2.51. The van der Waals surface area contributed by atoms with E-state index in [0.717, 1.165) is 25.7 Å². The largest absolute Gasteiger partial charge is 0.496 e. The number of rotatable bonds is 2. The highest BCUT2D eigenvalue weighted by molar-refractivity contribution is 14.1. The van der Waals surface area contributed by atoms with E-state index in [1.807, 2.05) is 36.4 Å². The molecule has 0 fully saturated rings. The van der Waals surface area contributed by atoms with Gasteiger partial charge in [0.05, 0.1) is 10.7 Å². The van der Waals surface area contributed by atoms with Crippen LogP contribution in [0, 0.1) is 3.57 Å². The van der Waals surface area contributed by atoms with Crippen molar-refractivity contribution >= 4 is 45.0 Å². The van der Waals surface area contributed by atoms with Crippen LogP contribution in [0.2, 0.25) is 5.15 Å². The van der Waals surface area contributed by atoms with Gasteiger partial charge in [-0.05, 0) is 40.1 Å². The summed E-state index contributed by atoms with van der Waals surface area (Å²) in [7, 11) is 1.67. The highest BCUT2D eigenvalue weighted by atomic mass is 127. The van der Waals surface area contributed by atoms with Gasteiger partial charge in [0, 0.05) is 17.1 Å². The smallest absolute Gasteiger partial charge is 0.161 e. The predicted molar refractivity (Wildman–Crippen MR) is 89.3 cm³/mol. The highest BCUT2D eigenvalue weighted by Crippen LogP contribution is 2.33. The summed E-state index contributed by atoms with van der Waals surface area (Å²) < 4.78 is 6.23. The molecule has 1 heterocycles. The first kappa shape index (κ1) is 13.6. The molecule has 0 amide bonds. The molecule has 0 spiro atoms. The number of fused-ring (bicyclic) bond motifs is 1. The van der Waals surface area contributed by atoms with Gasteiger partial charge in [0.15, 0.2) is 5.82 Å². The van der Waals surface area contributed by atoms with Crippen LogP contribution in [0.5, 0.6) is 5.75 Å². The average Bonchev–Trinajstić information content (AvgIpc) is 2.49. The summed E-state index contributed by atoms with van der Waals surface area (Å²) in [4.78, 5) is 8.73. The van der Waals surface area contributed by atoms with Crippen LogP contribution in [0.15, 0.2) is 42.6 Å². The van der Waals surface area contributed by atoms with Crippen molar-refractivity contribution < 1.29 is 4.74 Å². The molecule has 5 heteroatoms. The molecule has 0 radical (unpaired) electrons. The molecule has 2 aromatic carbocycles. The Morgan fingerprint density at radius 2 is 1.85 bits per heavy atom. The van der Waals surface area contributed by atoms with Crippen molar-refractivity contribution in [1.29, 1.82) is 0 Å². The SMILES string of the molecule is COc1ccc(-c2ncc(I)c(Cl)n2)c2ccccc12. The Morgan fingerprint density at radius 3 is 2.55 bits per heavy atom. The number of methoxy groups -OCH3 is 1. The van der Waals surface area contributed by atoms with Gasteiger partial charge in [-0.2, -0.15) is 0 Å². The molecule has 100 valence electrons. The fraction of sp³-hybridized carbons (Fsp3) is 0.0667. The second-order valence-electron chi connectivity index (χ2n) is 4.19. The Balaban J connectivity index is 2.29. The fourth-order valence-electron chi connectivity index (χ4n) is 2.12. The maximum absolute atomic E-state index is 6.09. The highest BCUT2D eigenvalue weighted by Gasteiger charge is 2.11. The number of hydrogen-bond acceptors (Lipinski definition) is 3. The Labute approximate surface area is 135 Å². The Hall–Kier alpha value is -1.40. The monoisotopic (exact) mass is 396 g/mol. The molecule has 0 atom stereocenters. The van der Waals surface area contributed by atoms with Crippen molar-refractivity contribution in [2.24, 2.45) is 0 Å². The molecule has 3 rings (SSSR count). The minimum Gasteiger partial charge on any atom is -0.496 e. The lowest BCUT2D eigenvalue weighted by molar-refractivity contribution is 0.420. The van der Waals surface area contributed by atoms with Crippen molar-refractivity contribution in [3.8, 4) is 17.1 Å². The summed E-state index contributed by atoms with van der Waals surface area (Å²) in [6.45, 7) is 0. The molecule has 1 aromatic heterocycles. The summed E-state index contributed by atoms with van der Waals surface area (Å²) in [5, 5.41) is 2.55. The lowest BCUT2D eigenvalue weighted by Gasteiger charge is -2.10. The summed E-state index contributed by atoms with van der Waals surface area (Å²) in [6.07, 6.45) is 1.73. The van der Waals surface area contributed by atoms with E-state index in [-0.39, 0.29) is 0 Å². The summed E-state index contributed by atoms with van der Waals surface area (Å²) in [6, 6.07) is 11.9. The van der Waals surface area contributed by atoms with Gasteiger partial charge in [0.1, 0.15) is 10.9 Å². The topological polar surface area (TPSA) is 35.0 Å². The van der Waals surface area contributed by atoms with Crippen LogP contribution in [0.4, 0.5) is 0 Å². The van der Waals surface area contributed by atoms with Crippen molar-refractivity contribution in [2.75, 3.05) is 7.11 Å². The Morgan fingerprint density at radius 1 is 1.10 bits per heavy atom. The minimum atomic E-state index is 0.468. The third-order valence-corrected chi connectivity index (χ3v) is 4.44. The van der Waals surface area contributed by atoms with Crippen LogP contribution in [-0.4, -0.2) is 17.1 Å². The number of aromatic nitrogens is 2. The first-order valence-electron chi connectivity index (χ1n) is 5.95. The minimum absolute atomic E-state index is 0.468. The standard InChI is InChI=1S/C15H10ClIN2O/c1-20-13-7-6-11(9-4-2-3-5-10(9)13)15-18-8-12(17)14(16)19-15/h2-8H,1H3. The molecule has 20 heavy (non-hydrogen) atoms. The molecule has 0 N–H and O–H groups in total. The molecule has 0 unspecified atom stereocenters. The van der Waals surface area contributed by atoms with E-state index < -0.39 is 0 Å². The van der Waals surface area contributed by atoms with Crippen LogP contribution in [-0.2, 0) is 0 Å². The molecule has 0 aliphatic rings. The molecule has 3 aromatic rings. The van der Waals surface area contributed by atoms with E-state index in [1.54, 1.807) is 13.3 Å². The molecular weight excluding hydrogens is 387 g/mol. The maximum Gasteiger partial charge on any atom is 0.161 e. The van der Waals surface area contributed by atoms with E-state index in [4.69, 9.17) is 16.3 Å². The van der Waals surface area contributed by atoms with Crippen LogP contribution >= 0.6 is 34.2 Å². The Bertz CT molecular complexity index is 792. The third-order valence-electron chi connectivity index (χ3n) is 3.05. The molecule has 0 aliphatic heterocycles. The number of nitrogens with zero attached hydrogens (tertiary/aromatic N) is 2. The summed E-state index contributed by atoms with van der Waals surface area (Å²) >= 11 is 8.20. The van der Waals surface area contributed by atoms with E-state index in [2.05, 4.69) is 32.6 Å². The van der Waals surface area contributed by atoms with Gasteiger partial charge in [0.25, 0.3) is 0 Å². The molecular formula is C15H10ClIN2O. The van der Waals surface area contributed by atoms with Gasteiger partial charge in [-0.1, -0.05) is 35.9 Å². The molecule has 0 aliphatic carbocycles. The van der Waals surface area contributed by atoms with Gasteiger partial charge < -0.3 is 4.74 Å². The molecule has 0 saturated carbocycles. The van der Waals surface area contributed by atoms with Crippen LogP contribution in [0.3, 0.4) is 0 Å². The Kier molecular flexibility index (Phi) is 3.76. The van der Waals surface area contributed by atoms with E-state index in [1.165, 1.54) is 0 Å². The van der Waals surface area contributed by atoms with Gasteiger partial charge in [-0.25, -0.2) is 9.97 Å². The number of ether oxygens (including phenoxy) is 1. The molecule has 0 bridgehead atoms. The maximum atomic E-state index is 6.09. The predicted octanol–water partition coefficient (Wildman–Crippen LogP) is 4.56. The van der Waals surface area contributed by atoms with Crippen molar-refractivity contribution in [3.63, 3.8) is 0 Å². The number of hydrogen-bond donors (Lipinski definition) is 0.